The van der Waals surface area contributed by atoms with E-state index < -0.39 is 11.7 Å². The molecule has 0 bridgehead atoms. The molecule has 4 aromatic rings. The van der Waals surface area contributed by atoms with E-state index in [4.69, 9.17) is 18.6 Å². The van der Waals surface area contributed by atoms with Gasteiger partial charge in [0, 0.05) is 10.9 Å². The van der Waals surface area contributed by atoms with Gasteiger partial charge in [-0.1, -0.05) is 12.1 Å². The summed E-state index contributed by atoms with van der Waals surface area (Å²) in [6.45, 7) is 0.137. The number of nitrogens with one attached hydrogen (secondary N) is 1. The van der Waals surface area contributed by atoms with E-state index in [0.29, 0.717) is 33.6 Å². The molecule has 0 unspecified atom stereocenters. The number of rotatable bonds is 8. The third-order valence-corrected chi connectivity index (χ3v) is 5.25. The Bertz CT molecular complexity index is 1240. The number of aromatic nitrogens is 1. The van der Waals surface area contributed by atoms with Crippen LogP contribution in [-0.4, -0.2) is 25.1 Å². The topological polar surface area (TPSA) is 82.8 Å². The fourth-order valence-corrected chi connectivity index (χ4v) is 3.63. The number of methoxy groups -OCH3 is 2. The maximum Gasteiger partial charge on any atom is 0.293 e. The van der Waals surface area contributed by atoms with Gasteiger partial charge in [0.25, 0.3) is 5.91 Å². The van der Waals surface area contributed by atoms with Crippen LogP contribution < -0.4 is 19.5 Å². The second-order valence-electron chi connectivity index (χ2n) is 6.55. The van der Waals surface area contributed by atoms with Crippen LogP contribution in [0.4, 0.5) is 9.52 Å². The minimum absolute atomic E-state index is 0.121. The van der Waals surface area contributed by atoms with Gasteiger partial charge in [-0.15, -0.1) is 11.3 Å². The first-order chi connectivity index (χ1) is 15.6. The van der Waals surface area contributed by atoms with Crippen LogP contribution in [0.25, 0.3) is 11.3 Å². The van der Waals surface area contributed by atoms with Gasteiger partial charge in [-0.2, -0.15) is 0 Å². The lowest BCUT2D eigenvalue weighted by Gasteiger charge is -2.08. The molecule has 0 spiro atoms. The lowest BCUT2D eigenvalue weighted by atomic mass is 10.1. The van der Waals surface area contributed by atoms with Gasteiger partial charge in [-0.05, 0) is 42.5 Å². The molecule has 1 N–H and O–H groups in total. The highest BCUT2D eigenvalue weighted by atomic mass is 32.1. The van der Waals surface area contributed by atoms with E-state index in [1.165, 1.54) is 30.6 Å². The molecular formula is C23H19FN2O5S. The van der Waals surface area contributed by atoms with Crippen LogP contribution in [0.5, 0.6) is 17.2 Å². The predicted molar refractivity (Wildman–Crippen MR) is 118 cm³/mol. The van der Waals surface area contributed by atoms with Gasteiger partial charge in [0.1, 0.15) is 12.4 Å². The summed E-state index contributed by atoms with van der Waals surface area (Å²) >= 11 is 1.22. The highest BCUT2D eigenvalue weighted by molar-refractivity contribution is 7.14. The fraction of sp³-hybridized carbons (Fsp3) is 0.130. The molecule has 0 aliphatic rings. The quantitative estimate of drug-likeness (QED) is 0.384. The van der Waals surface area contributed by atoms with Gasteiger partial charge >= 0.3 is 0 Å². The van der Waals surface area contributed by atoms with Crippen molar-refractivity contribution in [2.45, 2.75) is 6.61 Å². The molecular weight excluding hydrogens is 435 g/mol. The second kappa shape index (κ2) is 9.52. The van der Waals surface area contributed by atoms with Crippen molar-refractivity contribution in [1.82, 2.24) is 4.98 Å². The fourth-order valence-electron chi connectivity index (χ4n) is 2.91. The summed E-state index contributed by atoms with van der Waals surface area (Å²) in [4.78, 5) is 16.9. The molecule has 4 rings (SSSR count). The van der Waals surface area contributed by atoms with Crippen molar-refractivity contribution in [2.24, 2.45) is 0 Å². The monoisotopic (exact) mass is 454 g/mol. The predicted octanol–water partition coefficient (Wildman–Crippen LogP) is 5.39. The van der Waals surface area contributed by atoms with Gasteiger partial charge in [0.05, 0.1) is 19.9 Å². The number of hydrogen-bond donors (Lipinski definition) is 1. The number of thiazole rings is 1. The highest BCUT2D eigenvalue weighted by Crippen LogP contribution is 2.29. The summed E-state index contributed by atoms with van der Waals surface area (Å²) in [5, 5.41) is 4.78. The number of benzene rings is 2. The number of anilines is 1. The summed E-state index contributed by atoms with van der Waals surface area (Å²) in [6, 6.07) is 15.0. The molecule has 0 atom stereocenters. The number of para-hydroxylation sites is 2. The van der Waals surface area contributed by atoms with Crippen LogP contribution in [0.15, 0.2) is 64.4 Å². The largest absolute Gasteiger partial charge is 0.494 e. The molecule has 0 fully saturated rings. The maximum atomic E-state index is 13.9. The molecule has 164 valence electrons. The Kier molecular flexibility index (Phi) is 6.37. The lowest BCUT2D eigenvalue weighted by Crippen LogP contribution is -2.10. The van der Waals surface area contributed by atoms with Crippen LogP contribution in [0.2, 0.25) is 0 Å². The number of nitrogens with zero attached hydrogens (tertiary/aromatic N) is 1. The molecule has 2 aromatic heterocycles. The average Bonchev–Trinajstić information content (AvgIpc) is 3.47. The first kappa shape index (κ1) is 21.4. The molecule has 0 saturated carbocycles. The van der Waals surface area contributed by atoms with Gasteiger partial charge in [-0.3, -0.25) is 10.1 Å². The summed E-state index contributed by atoms with van der Waals surface area (Å²) in [7, 11) is 2.96. The van der Waals surface area contributed by atoms with Crippen molar-refractivity contribution in [2.75, 3.05) is 19.5 Å². The summed E-state index contributed by atoms with van der Waals surface area (Å²) in [5.41, 5.74) is 1.12. The Hall–Kier alpha value is -3.85. The molecule has 0 radical (unpaired) electrons. The zero-order valence-electron chi connectivity index (χ0n) is 17.3. The van der Waals surface area contributed by atoms with E-state index in [2.05, 4.69) is 10.3 Å². The summed E-state index contributed by atoms with van der Waals surface area (Å²) < 4.78 is 35.4. The van der Waals surface area contributed by atoms with E-state index >= 15 is 0 Å². The number of amides is 1. The van der Waals surface area contributed by atoms with Crippen molar-refractivity contribution in [3.8, 4) is 28.5 Å². The number of hydrogen-bond acceptors (Lipinski definition) is 7. The van der Waals surface area contributed by atoms with Gasteiger partial charge in [0.2, 0.25) is 0 Å². The van der Waals surface area contributed by atoms with Crippen molar-refractivity contribution in [1.29, 1.82) is 0 Å². The minimum Gasteiger partial charge on any atom is -0.494 e. The summed E-state index contributed by atoms with van der Waals surface area (Å²) in [6.07, 6.45) is 0. The number of halogens is 1. The third kappa shape index (κ3) is 4.73. The highest BCUT2D eigenvalue weighted by Gasteiger charge is 2.15. The molecule has 2 heterocycles. The van der Waals surface area contributed by atoms with Crippen LogP contribution in [-0.2, 0) is 6.61 Å². The van der Waals surface area contributed by atoms with Crippen LogP contribution in [0.1, 0.15) is 16.3 Å². The zero-order valence-corrected chi connectivity index (χ0v) is 18.1. The minimum atomic E-state index is -0.484. The number of carbonyl (C=O) groups excluding carboxylic acids is 1. The van der Waals surface area contributed by atoms with Gasteiger partial charge < -0.3 is 18.6 Å². The standard InChI is InChI=1S/C23H19FN2O5S/c1-28-18-9-7-14(11-16(18)24)17-13-32-23(25-17)26-22(27)21-10-8-15(31-21)12-30-20-6-4-3-5-19(20)29-2/h3-11,13H,12H2,1-2H3,(H,25,26,27). The lowest BCUT2D eigenvalue weighted by molar-refractivity contribution is 0.0992. The van der Waals surface area contributed by atoms with Crippen LogP contribution in [0, 0.1) is 5.82 Å². The first-order valence-electron chi connectivity index (χ1n) is 9.52. The van der Waals surface area contributed by atoms with Crippen LogP contribution in [0.3, 0.4) is 0 Å². The Morgan fingerprint density at radius 1 is 1.06 bits per heavy atom. The second-order valence-corrected chi connectivity index (χ2v) is 7.40. The van der Waals surface area contributed by atoms with Crippen molar-refractivity contribution >= 4 is 22.4 Å². The molecule has 0 saturated heterocycles. The van der Waals surface area contributed by atoms with Gasteiger partial charge in [0.15, 0.2) is 34.0 Å². The van der Waals surface area contributed by atoms with E-state index in [0.717, 1.165) is 0 Å². The smallest absolute Gasteiger partial charge is 0.293 e. The third-order valence-electron chi connectivity index (χ3n) is 4.50. The molecule has 9 heteroatoms. The summed E-state index contributed by atoms with van der Waals surface area (Å²) in [5.74, 6) is 1.000. The first-order valence-corrected chi connectivity index (χ1v) is 10.4. The molecule has 0 aliphatic heterocycles. The Balaban J connectivity index is 1.39. The Morgan fingerprint density at radius 3 is 2.59 bits per heavy atom. The number of furan rings is 1. The van der Waals surface area contributed by atoms with Crippen molar-refractivity contribution in [3.05, 3.63) is 77.3 Å². The average molecular weight is 454 g/mol. The van der Waals surface area contributed by atoms with E-state index in [-0.39, 0.29) is 18.1 Å². The Morgan fingerprint density at radius 2 is 1.84 bits per heavy atom. The van der Waals surface area contributed by atoms with E-state index in [1.54, 1.807) is 42.8 Å². The molecule has 32 heavy (non-hydrogen) atoms. The maximum absolute atomic E-state index is 13.9. The molecule has 7 nitrogen and oxygen atoms in total. The van der Waals surface area contributed by atoms with Crippen molar-refractivity contribution in [3.63, 3.8) is 0 Å². The van der Waals surface area contributed by atoms with Gasteiger partial charge in [-0.25, -0.2) is 9.37 Å². The normalized spacial score (nSPS) is 10.6. The molecule has 2 aromatic carbocycles. The molecule has 0 aliphatic carbocycles. The molecule has 1 amide bonds. The van der Waals surface area contributed by atoms with Crippen LogP contribution >= 0.6 is 11.3 Å². The number of carbonyl (C=O) groups is 1. The number of ether oxygens (including phenoxy) is 3. The van der Waals surface area contributed by atoms with E-state index in [9.17, 15) is 9.18 Å². The van der Waals surface area contributed by atoms with E-state index in [1.807, 2.05) is 12.1 Å². The van der Waals surface area contributed by atoms with Crippen molar-refractivity contribution < 1.29 is 27.8 Å². The zero-order chi connectivity index (χ0) is 22.5. The Labute approximate surface area is 187 Å². The SMILES string of the molecule is COc1ccc(-c2csc(NC(=O)c3ccc(COc4ccccc4OC)o3)n2)cc1F.